The molecule has 0 radical (unpaired) electrons. The SMILES string of the molecule is CSc1ccc(CNCCNC[C@@H](C)O)cc1. The molecule has 1 rings (SSSR count). The predicted molar refractivity (Wildman–Crippen MR) is 74.5 cm³/mol. The first-order chi connectivity index (χ1) is 8.22. The van der Waals surface area contributed by atoms with Crippen molar-refractivity contribution in [3.63, 3.8) is 0 Å². The Morgan fingerprint density at radius 1 is 1.18 bits per heavy atom. The highest BCUT2D eigenvalue weighted by molar-refractivity contribution is 7.98. The van der Waals surface area contributed by atoms with E-state index in [1.54, 1.807) is 18.7 Å². The number of hydrogen-bond donors (Lipinski definition) is 3. The van der Waals surface area contributed by atoms with Crippen molar-refractivity contribution in [2.45, 2.75) is 24.5 Å². The summed E-state index contributed by atoms with van der Waals surface area (Å²) in [5.74, 6) is 0. The van der Waals surface area contributed by atoms with Crippen molar-refractivity contribution in [2.75, 3.05) is 25.9 Å². The molecule has 0 aliphatic carbocycles. The van der Waals surface area contributed by atoms with Gasteiger partial charge in [-0.1, -0.05) is 12.1 Å². The van der Waals surface area contributed by atoms with Crippen LogP contribution in [0.1, 0.15) is 12.5 Å². The highest BCUT2D eigenvalue weighted by Crippen LogP contribution is 2.14. The zero-order valence-corrected chi connectivity index (χ0v) is 11.4. The molecule has 0 bridgehead atoms. The van der Waals surface area contributed by atoms with Crippen LogP contribution in [-0.2, 0) is 6.54 Å². The van der Waals surface area contributed by atoms with Gasteiger partial charge >= 0.3 is 0 Å². The third-order valence-electron chi connectivity index (χ3n) is 2.41. The molecule has 0 saturated heterocycles. The van der Waals surface area contributed by atoms with Crippen LogP contribution in [0.4, 0.5) is 0 Å². The van der Waals surface area contributed by atoms with Crippen molar-refractivity contribution in [2.24, 2.45) is 0 Å². The molecule has 1 atom stereocenters. The summed E-state index contributed by atoms with van der Waals surface area (Å²) in [6.45, 7) is 5.13. The number of hydrogen-bond acceptors (Lipinski definition) is 4. The van der Waals surface area contributed by atoms with Crippen LogP contribution in [0.2, 0.25) is 0 Å². The number of benzene rings is 1. The van der Waals surface area contributed by atoms with E-state index in [-0.39, 0.29) is 6.10 Å². The van der Waals surface area contributed by atoms with Crippen LogP contribution in [0.25, 0.3) is 0 Å². The predicted octanol–water partition coefficient (Wildman–Crippen LogP) is 1.47. The lowest BCUT2D eigenvalue weighted by Crippen LogP contribution is -2.31. The van der Waals surface area contributed by atoms with Crippen LogP contribution >= 0.6 is 11.8 Å². The minimum absolute atomic E-state index is 0.269. The molecule has 1 aromatic rings. The molecule has 0 aromatic heterocycles. The Morgan fingerprint density at radius 2 is 1.82 bits per heavy atom. The van der Waals surface area contributed by atoms with Gasteiger partial charge in [-0.25, -0.2) is 0 Å². The maximum atomic E-state index is 9.05. The Bertz CT molecular complexity index is 301. The molecule has 4 heteroatoms. The van der Waals surface area contributed by atoms with Crippen molar-refractivity contribution in [1.82, 2.24) is 10.6 Å². The topological polar surface area (TPSA) is 44.3 Å². The maximum absolute atomic E-state index is 9.05. The molecule has 0 amide bonds. The molecule has 1 aromatic carbocycles. The lowest BCUT2D eigenvalue weighted by molar-refractivity contribution is 0.191. The first-order valence-electron chi connectivity index (χ1n) is 5.95. The van der Waals surface area contributed by atoms with E-state index in [0.717, 1.165) is 19.6 Å². The maximum Gasteiger partial charge on any atom is 0.0636 e. The van der Waals surface area contributed by atoms with Crippen LogP contribution < -0.4 is 10.6 Å². The smallest absolute Gasteiger partial charge is 0.0636 e. The summed E-state index contributed by atoms with van der Waals surface area (Å²) in [6.07, 6.45) is 1.82. The average molecular weight is 254 g/mol. The van der Waals surface area contributed by atoms with Crippen LogP contribution in [0.15, 0.2) is 29.2 Å². The molecule has 17 heavy (non-hydrogen) atoms. The van der Waals surface area contributed by atoms with Crippen molar-refractivity contribution in [1.29, 1.82) is 0 Å². The van der Waals surface area contributed by atoms with E-state index in [0.29, 0.717) is 6.54 Å². The molecule has 0 heterocycles. The fourth-order valence-electron chi connectivity index (χ4n) is 1.46. The molecule has 0 aliphatic rings. The number of aliphatic hydroxyl groups excluding tert-OH is 1. The van der Waals surface area contributed by atoms with Gasteiger partial charge in [-0.3, -0.25) is 0 Å². The Balaban J connectivity index is 2.09. The largest absolute Gasteiger partial charge is 0.392 e. The van der Waals surface area contributed by atoms with Gasteiger partial charge in [-0.05, 0) is 30.9 Å². The van der Waals surface area contributed by atoms with Gasteiger partial charge in [-0.15, -0.1) is 11.8 Å². The third-order valence-corrected chi connectivity index (χ3v) is 3.15. The molecule has 0 aliphatic heterocycles. The van der Waals surface area contributed by atoms with Gasteiger partial charge < -0.3 is 15.7 Å². The number of aliphatic hydroxyl groups is 1. The van der Waals surface area contributed by atoms with Crippen LogP contribution in [0.5, 0.6) is 0 Å². The van der Waals surface area contributed by atoms with Gasteiger partial charge in [0.15, 0.2) is 0 Å². The third kappa shape index (κ3) is 6.68. The molecule has 0 spiro atoms. The monoisotopic (exact) mass is 254 g/mol. The minimum Gasteiger partial charge on any atom is -0.392 e. The number of rotatable bonds is 8. The first-order valence-corrected chi connectivity index (χ1v) is 7.17. The van der Waals surface area contributed by atoms with Crippen molar-refractivity contribution < 1.29 is 5.11 Å². The van der Waals surface area contributed by atoms with E-state index in [1.807, 2.05) is 0 Å². The Kier molecular flexibility index (Phi) is 7.28. The summed E-state index contributed by atoms with van der Waals surface area (Å²) in [6, 6.07) is 8.60. The van der Waals surface area contributed by atoms with Gasteiger partial charge in [0.1, 0.15) is 0 Å². The van der Waals surface area contributed by atoms with E-state index >= 15 is 0 Å². The summed E-state index contributed by atoms with van der Waals surface area (Å²) < 4.78 is 0. The normalized spacial score (nSPS) is 12.6. The van der Waals surface area contributed by atoms with Crippen LogP contribution in [0.3, 0.4) is 0 Å². The summed E-state index contributed by atoms with van der Waals surface area (Å²) in [5.41, 5.74) is 1.30. The second kappa shape index (κ2) is 8.53. The molecule has 96 valence electrons. The molecule has 0 saturated carbocycles. The molecule has 3 N–H and O–H groups in total. The highest BCUT2D eigenvalue weighted by Gasteiger charge is 1.95. The lowest BCUT2D eigenvalue weighted by Gasteiger charge is -2.08. The molecule has 3 nitrogen and oxygen atoms in total. The zero-order valence-electron chi connectivity index (χ0n) is 10.6. The fourth-order valence-corrected chi connectivity index (χ4v) is 1.87. The van der Waals surface area contributed by atoms with E-state index in [2.05, 4.69) is 41.2 Å². The van der Waals surface area contributed by atoms with E-state index < -0.39 is 0 Å². The van der Waals surface area contributed by atoms with Gasteiger partial charge in [0, 0.05) is 31.1 Å². The Morgan fingerprint density at radius 3 is 2.41 bits per heavy atom. The Labute approximate surface area is 108 Å². The molecule has 0 fully saturated rings. The van der Waals surface area contributed by atoms with E-state index in [4.69, 9.17) is 5.11 Å². The summed E-state index contributed by atoms with van der Waals surface area (Å²) in [5, 5.41) is 15.6. The molecule has 0 unspecified atom stereocenters. The summed E-state index contributed by atoms with van der Waals surface area (Å²) in [7, 11) is 0. The fraction of sp³-hybridized carbons (Fsp3) is 0.538. The van der Waals surface area contributed by atoms with Crippen molar-refractivity contribution in [3.05, 3.63) is 29.8 Å². The van der Waals surface area contributed by atoms with Crippen molar-refractivity contribution in [3.8, 4) is 0 Å². The highest BCUT2D eigenvalue weighted by atomic mass is 32.2. The average Bonchev–Trinajstić information content (AvgIpc) is 2.34. The minimum atomic E-state index is -0.269. The second-order valence-corrected chi connectivity index (χ2v) is 4.96. The van der Waals surface area contributed by atoms with Crippen LogP contribution in [0, 0.1) is 0 Å². The van der Waals surface area contributed by atoms with Gasteiger partial charge in [0.25, 0.3) is 0 Å². The zero-order chi connectivity index (χ0) is 12.5. The van der Waals surface area contributed by atoms with Gasteiger partial charge in [0.05, 0.1) is 6.10 Å². The summed E-state index contributed by atoms with van der Waals surface area (Å²) in [4.78, 5) is 1.30. The number of thioether (sulfide) groups is 1. The second-order valence-electron chi connectivity index (χ2n) is 4.08. The van der Waals surface area contributed by atoms with Gasteiger partial charge in [0.2, 0.25) is 0 Å². The van der Waals surface area contributed by atoms with E-state index in [9.17, 15) is 0 Å². The van der Waals surface area contributed by atoms with Crippen LogP contribution in [-0.4, -0.2) is 37.1 Å². The quantitative estimate of drug-likeness (QED) is 0.485. The molecular formula is C13H22N2OS. The van der Waals surface area contributed by atoms with Gasteiger partial charge in [-0.2, -0.15) is 0 Å². The lowest BCUT2D eigenvalue weighted by atomic mass is 10.2. The first kappa shape index (κ1) is 14.5. The standard InChI is InChI=1S/C13H22N2OS/c1-11(16)9-14-7-8-15-10-12-3-5-13(17-2)6-4-12/h3-6,11,14-16H,7-10H2,1-2H3/t11-/m1/s1. The summed E-state index contributed by atoms with van der Waals surface area (Å²) >= 11 is 1.76. The molecular weight excluding hydrogens is 232 g/mol. The Hall–Kier alpha value is -0.550. The van der Waals surface area contributed by atoms with Crippen molar-refractivity contribution >= 4 is 11.8 Å². The number of nitrogens with one attached hydrogen (secondary N) is 2. The van der Waals surface area contributed by atoms with E-state index in [1.165, 1.54) is 10.5 Å².